The molecule has 2 nitrogen and oxygen atoms in total. The number of carbonyl (C=O) groups is 1. The van der Waals surface area contributed by atoms with Crippen molar-refractivity contribution < 1.29 is 4.79 Å². The highest BCUT2D eigenvalue weighted by atomic mass is 16.1. The summed E-state index contributed by atoms with van der Waals surface area (Å²) in [5.74, 6) is 0. The summed E-state index contributed by atoms with van der Waals surface area (Å²) < 4.78 is 0. The lowest BCUT2D eigenvalue weighted by atomic mass is 10.0. The van der Waals surface area contributed by atoms with Crippen molar-refractivity contribution in [2.24, 2.45) is 5.73 Å². The average Bonchev–Trinajstić information content (AvgIpc) is 2.17. The van der Waals surface area contributed by atoms with Gasteiger partial charge in [0.15, 0.2) is 0 Å². The zero-order chi connectivity index (χ0) is 8.97. The summed E-state index contributed by atoms with van der Waals surface area (Å²) in [5.41, 5.74) is 7.52. The summed E-state index contributed by atoms with van der Waals surface area (Å²) in [4.78, 5) is 10.4. The van der Waals surface area contributed by atoms with Crippen molar-refractivity contribution in [1.82, 2.24) is 0 Å². The maximum atomic E-state index is 10.4. The van der Waals surface area contributed by atoms with Gasteiger partial charge in [-0.25, -0.2) is 0 Å². The second kappa shape index (κ2) is 4.02. The summed E-state index contributed by atoms with van der Waals surface area (Å²) in [7, 11) is 0. The van der Waals surface area contributed by atoms with Gasteiger partial charge >= 0.3 is 0 Å². The Kier molecular flexibility index (Phi) is 3.00. The van der Waals surface area contributed by atoms with E-state index in [1.807, 2.05) is 25.1 Å². The Bertz CT molecular complexity index is 270. The maximum absolute atomic E-state index is 10.4. The number of hydrogen-bond acceptors (Lipinski definition) is 2. The third-order valence-electron chi connectivity index (χ3n) is 1.91. The van der Waals surface area contributed by atoms with Gasteiger partial charge in [-0.2, -0.15) is 0 Å². The van der Waals surface area contributed by atoms with Crippen LogP contribution in [-0.2, 0) is 0 Å². The quantitative estimate of drug-likeness (QED) is 0.691. The molecule has 0 amide bonds. The lowest BCUT2D eigenvalue weighted by molar-refractivity contribution is 0.112. The first kappa shape index (κ1) is 8.94. The normalized spacial score (nSPS) is 12.5. The molecule has 0 heterocycles. The molecule has 0 unspecified atom stereocenters. The Hall–Kier alpha value is -1.15. The van der Waals surface area contributed by atoms with Gasteiger partial charge in [0.2, 0.25) is 0 Å². The number of aldehydes is 1. The van der Waals surface area contributed by atoms with Gasteiger partial charge in [0.25, 0.3) is 0 Å². The fourth-order valence-electron chi connectivity index (χ4n) is 1.10. The van der Waals surface area contributed by atoms with Crippen LogP contribution < -0.4 is 5.73 Å². The highest BCUT2D eigenvalue weighted by molar-refractivity contribution is 5.74. The largest absolute Gasteiger partial charge is 0.324 e. The van der Waals surface area contributed by atoms with Crippen molar-refractivity contribution in [3.63, 3.8) is 0 Å². The monoisotopic (exact) mass is 163 g/mol. The topological polar surface area (TPSA) is 43.1 Å². The SMILES string of the molecule is CC[C@H](N)c1cccc(C=O)c1. The van der Waals surface area contributed by atoms with Crippen LogP contribution >= 0.6 is 0 Å². The van der Waals surface area contributed by atoms with Crippen molar-refractivity contribution >= 4 is 6.29 Å². The summed E-state index contributed by atoms with van der Waals surface area (Å²) in [6.45, 7) is 2.03. The predicted octanol–water partition coefficient (Wildman–Crippen LogP) is 1.91. The van der Waals surface area contributed by atoms with Crippen molar-refractivity contribution in [2.75, 3.05) is 0 Å². The van der Waals surface area contributed by atoms with E-state index in [0.29, 0.717) is 5.56 Å². The smallest absolute Gasteiger partial charge is 0.150 e. The lowest BCUT2D eigenvalue weighted by Gasteiger charge is -2.08. The first-order valence-electron chi connectivity index (χ1n) is 4.08. The van der Waals surface area contributed by atoms with Crippen molar-refractivity contribution in [2.45, 2.75) is 19.4 Å². The van der Waals surface area contributed by atoms with Gasteiger partial charge in [-0.3, -0.25) is 4.79 Å². The van der Waals surface area contributed by atoms with E-state index in [1.54, 1.807) is 6.07 Å². The van der Waals surface area contributed by atoms with Gasteiger partial charge < -0.3 is 5.73 Å². The third-order valence-corrected chi connectivity index (χ3v) is 1.91. The molecule has 0 aliphatic carbocycles. The second-order valence-corrected chi connectivity index (χ2v) is 2.80. The standard InChI is InChI=1S/C10H13NO/c1-2-10(11)9-5-3-4-8(6-9)7-12/h3-7,10H,2,11H2,1H3/t10-/m0/s1. The van der Waals surface area contributed by atoms with Crippen LogP contribution in [0.15, 0.2) is 24.3 Å². The van der Waals surface area contributed by atoms with E-state index >= 15 is 0 Å². The molecule has 0 radical (unpaired) electrons. The maximum Gasteiger partial charge on any atom is 0.150 e. The number of hydrogen-bond donors (Lipinski definition) is 1. The zero-order valence-electron chi connectivity index (χ0n) is 7.16. The highest BCUT2D eigenvalue weighted by Crippen LogP contribution is 2.13. The van der Waals surface area contributed by atoms with E-state index in [1.165, 1.54) is 0 Å². The van der Waals surface area contributed by atoms with Crippen LogP contribution in [0.5, 0.6) is 0 Å². The Balaban J connectivity index is 2.93. The second-order valence-electron chi connectivity index (χ2n) is 2.80. The molecule has 2 N–H and O–H groups in total. The molecule has 1 atom stereocenters. The molecule has 1 rings (SSSR count). The molecule has 2 heteroatoms. The van der Waals surface area contributed by atoms with Crippen molar-refractivity contribution in [3.8, 4) is 0 Å². The minimum atomic E-state index is 0.0462. The predicted molar refractivity (Wildman–Crippen MR) is 49.0 cm³/mol. The molecule has 0 aliphatic rings. The first-order valence-corrected chi connectivity index (χ1v) is 4.08. The van der Waals surface area contributed by atoms with E-state index in [-0.39, 0.29) is 6.04 Å². The highest BCUT2D eigenvalue weighted by Gasteiger charge is 2.02. The number of nitrogens with two attached hydrogens (primary N) is 1. The Morgan fingerprint density at radius 3 is 2.92 bits per heavy atom. The minimum absolute atomic E-state index is 0.0462. The summed E-state index contributed by atoms with van der Waals surface area (Å²) in [6, 6.07) is 7.46. The van der Waals surface area contributed by atoms with Gasteiger partial charge in [-0.05, 0) is 18.1 Å². The van der Waals surface area contributed by atoms with E-state index in [2.05, 4.69) is 0 Å². The Labute approximate surface area is 72.4 Å². The Morgan fingerprint density at radius 2 is 2.33 bits per heavy atom. The summed E-state index contributed by atoms with van der Waals surface area (Å²) in [6.07, 6.45) is 1.73. The van der Waals surface area contributed by atoms with Crippen LogP contribution in [0.1, 0.15) is 35.3 Å². The molecule has 0 saturated heterocycles. The van der Waals surface area contributed by atoms with Crippen LogP contribution in [-0.4, -0.2) is 6.29 Å². The molecule has 0 spiro atoms. The van der Waals surface area contributed by atoms with E-state index in [9.17, 15) is 4.79 Å². The Morgan fingerprint density at radius 1 is 1.58 bits per heavy atom. The van der Waals surface area contributed by atoms with E-state index < -0.39 is 0 Å². The molecule has 64 valence electrons. The fraction of sp³-hybridized carbons (Fsp3) is 0.300. The number of rotatable bonds is 3. The fourth-order valence-corrected chi connectivity index (χ4v) is 1.10. The van der Waals surface area contributed by atoms with Crippen LogP contribution in [0, 0.1) is 0 Å². The van der Waals surface area contributed by atoms with Gasteiger partial charge in [0.05, 0.1) is 0 Å². The average molecular weight is 163 g/mol. The van der Waals surface area contributed by atoms with Crippen molar-refractivity contribution in [3.05, 3.63) is 35.4 Å². The molecule has 0 aliphatic heterocycles. The lowest BCUT2D eigenvalue weighted by Crippen LogP contribution is -2.08. The molecule has 0 fully saturated rings. The summed E-state index contributed by atoms with van der Waals surface area (Å²) in [5, 5.41) is 0. The first-order chi connectivity index (χ1) is 5.77. The van der Waals surface area contributed by atoms with E-state index in [0.717, 1.165) is 18.3 Å². The number of carbonyl (C=O) groups excluding carboxylic acids is 1. The number of benzene rings is 1. The van der Waals surface area contributed by atoms with Crippen molar-refractivity contribution in [1.29, 1.82) is 0 Å². The molecule has 12 heavy (non-hydrogen) atoms. The molecular formula is C10H13NO. The molecule has 0 bridgehead atoms. The summed E-state index contributed by atoms with van der Waals surface area (Å²) >= 11 is 0. The molecular weight excluding hydrogens is 150 g/mol. The van der Waals surface area contributed by atoms with Crippen LogP contribution in [0.4, 0.5) is 0 Å². The van der Waals surface area contributed by atoms with Gasteiger partial charge in [-0.1, -0.05) is 25.1 Å². The molecule has 0 saturated carbocycles. The minimum Gasteiger partial charge on any atom is -0.324 e. The van der Waals surface area contributed by atoms with Gasteiger partial charge in [-0.15, -0.1) is 0 Å². The van der Waals surface area contributed by atoms with E-state index in [4.69, 9.17) is 5.73 Å². The third kappa shape index (κ3) is 1.92. The zero-order valence-corrected chi connectivity index (χ0v) is 7.16. The van der Waals surface area contributed by atoms with Gasteiger partial charge in [0, 0.05) is 11.6 Å². The van der Waals surface area contributed by atoms with Gasteiger partial charge in [0.1, 0.15) is 6.29 Å². The van der Waals surface area contributed by atoms with Crippen LogP contribution in [0.2, 0.25) is 0 Å². The van der Waals surface area contributed by atoms with Crippen LogP contribution in [0.3, 0.4) is 0 Å². The molecule has 1 aromatic rings. The molecule has 0 aromatic heterocycles. The molecule has 1 aromatic carbocycles. The van der Waals surface area contributed by atoms with Crippen LogP contribution in [0.25, 0.3) is 0 Å².